The second-order valence-corrected chi connectivity index (χ2v) is 5.31. The molecule has 0 amide bonds. The van der Waals surface area contributed by atoms with E-state index in [0.717, 1.165) is 22.6 Å². The molecule has 0 bridgehead atoms. The summed E-state index contributed by atoms with van der Waals surface area (Å²) in [5.41, 5.74) is 2.17. The van der Waals surface area contributed by atoms with E-state index in [2.05, 4.69) is 9.97 Å². The molecule has 0 saturated heterocycles. The monoisotopic (exact) mass is 306 g/mol. The number of para-hydroxylation sites is 1. The quantitative estimate of drug-likeness (QED) is 0.618. The van der Waals surface area contributed by atoms with Gasteiger partial charge in [0.05, 0.1) is 12.7 Å². The Kier molecular flexibility index (Phi) is 3.12. The minimum atomic E-state index is -0.171. The number of rotatable bonds is 2. The number of methoxy groups -OCH3 is 1. The molecule has 0 aliphatic carbocycles. The lowest BCUT2D eigenvalue weighted by atomic mass is 10.0. The lowest BCUT2D eigenvalue weighted by Gasteiger charge is -2.18. The summed E-state index contributed by atoms with van der Waals surface area (Å²) in [4.78, 5) is 19.7. The summed E-state index contributed by atoms with van der Waals surface area (Å²) in [5, 5.41) is 0. The van der Waals surface area contributed by atoms with Crippen molar-refractivity contribution in [2.45, 2.75) is 6.42 Å². The van der Waals surface area contributed by atoms with E-state index in [1.807, 2.05) is 48.5 Å². The Morgan fingerprint density at radius 2 is 1.91 bits per heavy atom. The van der Waals surface area contributed by atoms with Crippen LogP contribution in [0.5, 0.6) is 17.4 Å². The number of ether oxygens (including phenoxy) is 2. The van der Waals surface area contributed by atoms with Gasteiger partial charge in [-0.05, 0) is 35.9 Å². The largest absolute Gasteiger partial charge is 0.497 e. The first kappa shape index (κ1) is 13.6. The van der Waals surface area contributed by atoms with Gasteiger partial charge in [0.25, 0.3) is 5.56 Å². The van der Waals surface area contributed by atoms with Crippen molar-refractivity contribution >= 4 is 0 Å². The van der Waals surface area contributed by atoms with E-state index in [1.165, 1.54) is 0 Å². The third-order valence-electron chi connectivity index (χ3n) is 3.89. The molecular weight excluding hydrogens is 292 g/mol. The van der Waals surface area contributed by atoms with Crippen LogP contribution in [-0.2, 0) is 6.42 Å². The lowest BCUT2D eigenvalue weighted by Crippen LogP contribution is -2.20. The Morgan fingerprint density at radius 1 is 1.13 bits per heavy atom. The van der Waals surface area contributed by atoms with E-state index in [4.69, 9.17) is 9.47 Å². The third kappa shape index (κ3) is 2.36. The summed E-state index contributed by atoms with van der Waals surface area (Å²) >= 11 is 0. The fourth-order valence-electron chi connectivity index (χ4n) is 2.65. The van der Waals surface area contributed by atoms with Crippen LogP contribution in [0.1, 0.15) is 11.1 Å². The van der Waals surface area contributed by atoms with Crippen LogP contribution in [0.4, 0.5) is 0 Å². The average Bonchev–Trinajstić information content (AvgIpc) is 2.60. The highest BCUT2D eigenvalue weighted by atomic mass is 16.5. The maximum atomic E-state index is 12.4. The highest BCUT2D eigenvalue weighted by molar-refractivity contribution is 5.58. The van der Waals surface area contributed by atoms with Gasteiger partial charge in [-0.3, -0.25) is 4.79 Å². The first-order chi connectivity index (χ1) is 11.2. The van der Waals surface area contributed by atoms with Crippen LogP contribution in [0.15, 0.2) is 53.3 Å². The number of aromatic nitrogens is 2. The van der Waals surface area contributed by atoms with E-state index < -0.39 is 0 Å². The number of nitrogens with one attached hydrogen (secondary N) is 1. The van der Waals surface area contributed by atoms with Gasteiger partial charge in [0.2, 0.25) is 5.88 Å². The molecule has 5 nitrogen and oxygen atoms in total. The molecule has 3 aromatic rings. The number of hydrogen-bond donors (Lipinski definition) is 1. The van der Waals surface area contributed by atoms with Crippen LogP contribution < -0.4 is 15.0 Å². The van der Waals surface area contributed by atoms with Gasteiger partial charge in [0.1, 0.15) is 17.3 Å². The molecule has 1 N–H and O–H groups in total. The molecule has 0 unspecified atom stereocenters. The fraction of sp³-hybridized carbons (Fsp3) is 0.111. The molecule has 0 saturated carbocycles. The highest BCUT2D eigenvalue weighted by Gasteiger charge is 2.22. The number of nitrogens with zero attached hydrogens (tertiary/aromatic N) is 1. The van der Waals surface area contributed by atoms with E-state index >= 15 is 0 Å². The number of H-pyrrole nitrogens is 1. The molecule has 0 fully saturated rings. The SMILES string of the molecule is COc1ccc(-c2nc3c(c(=O)[nH]2)Cc2ccccc2O3)cc1. The van der Waals surface area contributed by atoms with Crippen LogP contribution in [-0.4, -0.2) is 17.1 Å². The molecule has 1 aromatic heterocycles. The van der Waals surface area contributed by atoms with Crippen molar-refractivity contribution in [2.24, 2.45) is 0 Å². The molecule has 1 aliphatic rings. The summed E-state index contributed by atoms with van der Waals surface area (Å²) in [6, 6.07) is 15.0. The Morgan fingerprint density at radius 3 is 2.70 bits per heavy atom. The lowest BCUT2D eigenvalue weighted by molar-refractivity contribution is 0.415. The summed E-state index contributed by atoms with van der Waals surface area (Å²) < 4.78 is 11.0. The van der Waals surface area contributed by atoms with Crippen molar-refractivity contribution in [1.29, 1.82) is 0 Å². The van der Waals surface area contributed by atoms with Crippen LogP contribution in [0, 0.1) is 0 Å². The van der Waals surface area contributed by atoms with Crippen LogP contribution in [0.3, 0.4) is 0 Å². The van der Waals surface area contributed by atoms with Crippen molar-refractivity contribution in [3.63, 3.8) is 0 Å². The first-order valence-electron chi connectivity index (χ1n) is 7.28. The molecule has 0 radical (unpaired) electrons. The summed E-state index contributed by atoms with van der Waals surface area (Å²) in [6.07, 6.45) is 0.525. The summed E-state index contributed by atoms with van der Waals surface area (Å²) in [5.74, 6) is 2.35. The van der Waals surface area contributed by atoms with E-state index in [9.17, 15) is 4.79 Å². The second-order valence-electron chi connectivity index (χ2n) is 5.31. The normalized spacial score (nSPS) is 12.0. The molecule has 23 heavy (non-hydrogen) atoms. The molecule has 0 spiro atoms. The van der Waals surface area contributed by atoms with Crippen molar-refractivity contribution in [3.8, 4) is 28.8 Å². The Labute approximate surface area is 132 Å². The number of fused-ring (bicyclic) bond motifs is 2. The molecule has 4 rings (SSSR count). The number of benzene rings is 2. The van der Waals surface area contributed by atoms with Gasteiger partial charge < -0.3 is 14.5 Å². The zero-order valence-electron chi connectivity index (χ0n) is 12.5. The van der Waals surface area contributed by atoms with Gasteiger partial charge in [-0.15, -0.1) is 0 Å². The minimum absolute atomic E-state index is 0.171. The predicted octanol–water partition coefficient (Wildman–Crippen LogP) is 3.14. The zero-order valence-corrected chi connectivity index (χ0v) is 12.5. The number of hydrogen-bond acceptors (Lipinski definition) is 4. The highest BCUT2D eigenvalue weighted by Crippen LogP contribution is 2.34. The third-order valence-corrected chi connectivity index (χ3v) is 3.89. The standard InChI is InChI=1S/C18H14N2O3/c1-22-13-8-6-11(7-9-13)16-19-17(21)14-10-12-4-2-3-5-15(12)23-18(14)20-16/h2-9H,10H2,1H3,(H,19,20,21). The van der Waals surface area contributed by atoms with Crippen molar-refractivity contribution in [1.82, 2.24) is 9.97 Å². The van der Waals surface area contributed by atoms with Gasteiger partial charge in [-0.25, -0.2) is 0 Å². The van der Waals surface area contributed by atoms with Gasteiger partial charge >= 0.3 is 0 Å². The topological polar surface area (TPSA) is 64.2 Å². The van der Waals surface area contributed by atoms with Crippen molar-refractivity contribution in [3.05, 3.63) is 70.0 Å². The van der Waals surface area contributed by atoms with E-state index in [0.29, 0.717) is 23.7 Å². The van der Waals surface area contributed by atoms with Gasteiger partial charge in [0.15, 0.2) is 0 Å². The minimum Gasteiger partial charge on any atom is -0.497 e. The van der Waals surface area contributed by atoms with Crippen molar-refractivity contribution < 1.29 is 9.47 Å². The summed E-state index contributed by atoms with van der Waals surface area (Å²) in [6.45, 7) is 0. The molecule has 0 atom stereocenters. The Hall–Kier alpha value is -3.08. The molecule has 2 heterocycles. The summed E-state index contributed by atoms with van der Waals surface area (Å²) in [7, 11) is 1.61. The van der Waals surface area contributed by atoms with Gasteiger partial charge in [0, 0.05) is 12.0 Å². The fourth-order valence-corrected chi connectivity index (χ4v) is 2.65. The van der Waals surface area contributed by atoms with Crippen LogP contribution >= 0.6 is 0 Å². The van der Waals surface area contributed by atoms with E-state index in [1.54, 1.807) is 7.11 Å². The van der Waals surface area contributed by atoms with Gasteiger partial charge in [-0.1, -0.05) is 18.2 Å². The predicted molar refractivity (Wildman–Crippen MR) is 86.2 cm³/mol. The van der Waals surface area contributed by atoms with Gasteiger partial charge in [-0.2, -0.15) is 4.98 Å². The van der Waals surface area contributed by atoms with Crippen LogP contribution in [0.25, 0.3) is 11.4 Å². The molecule has 114 valence electrons. The smallest absolute Gasteiger partial charge is 0.258 e. The second kappa shape index (κ2) is 5.28. The van der Waals surface area contributed by atoms with Crippen LogP contribution in [0.2, 0.25) is 0 Å². The Bertz CT molecular complexity index is 930. The molecule has 1 aliphatic heterocycles. The first-order valence-corrected chi connectivity index (χ1v) is 7.28. The zero-order chi connectivity index (χ0) is 15.8. The van der Waals surface area contributed by atoms with Crippen molar-refractivity contribution in [2.75, 3.05) is 7.11 Å². The molecule has 2 aromatic carbocycles. The Balaban J connectivity index is 1.78. The maximum Gasteiger partial charge on any atom is 0.258 e. The maximum absolute atomic E-state index is 12.4. The average molecular weight is 306 g/mol. The van der Waals surface area contributed by atoms with E-state index in [-0.39, 0.29) is 5.56 Å². The molecular formula is C18H14N2O3. The molecule has 5 heteroatoms. The number of aromatic amines is 1.